The Labute approximate surface area is 198 Å². The predicted octanol–water partition coefficient (Wildman–Crippen LogP) is 4.52. The summed E-state index contributed by atoms with van der Waals surface area (Å²) >= 11 is 0. The van der Waals surface area contributed by atoms with E-state index in [9.17, 15) is 18.0 Å². The molecule has 7 nitrogen and oxygen atoms in total. The van der Waals surface area contributed by atoms with Gasteiger partial charge in [-0.2, -0.15) is 4.39 Å². The molecule has 3 aromatic heterocycles. The van der Waals surface area contributed by atoms with E-state index in [0.29, 0.717) is 31.0 Å². The van der Waals surface area contributed by atoms with Crippen LogP contribution < -0.4 is 10.3 Å². The summed E-state index contributed by atoms with van der Waals surface area (Å²) in [4.78, 5) is 25.7. The lowest BCUT2D eigenvalue weighted by Gasteiger charge is -2.30. The fraction of sp³-hybridized carbons (Fsp3) is 0.280. The summed E-state index contributed by atoms with van der Waals surface area (Å²) in [7, 11) is 1.53. The second-order valence-corrected chi connectivity index (χ2v) is 8.36. The molecule has 0 spiro atoms. The number of hydrogen-bond donors (Lipinski definition) is 0. The van der Waals surface area contributed by atoms with E-state index in [0.717, 1.165) is 22.1 Å². The zero-order valence-electron chi connectivity index (χ0n) is 19.0. The molecule has 10 heteroatoms. The van der Waals surface area contributed by atoms with Crippen molar-refractivity contribution in [2.75, 3.05) is 13.7 Å². The van der Waals surface area contributed by atoms with Gasteiger partial charge in [0.25, 0.3) is 5.56 Å². The van der Waals surface area contributed by atoms with Crippen molar-refractivity contribution in [3.05, 3.63) is 87.5 Å². The monoisotopic (exact) mass is 482 g/mol. The van der Waals surface area contributed by atoms with Gasteiger partial charge in [0.2, 0.25) is 11.7 Å². The van der Waals surface area contributed by atoms with E-state index in [1.54, 1.807) is 12.3 Å². The first-order chi connectivity index (χ1) is 16.9. The molecule has 4 heterocycles. The molecule has 35 heavy (non-hydrogen) atoms. The molecule has 1 unspecified atom stereocenters. The van der Waals surface area contributed by atoms with Gasteiger partial charge in [0.15, 0.2) is 5.65 Å². The molecule has 1 saturated heterocycles. The zero-order valence-corrected chi connectivity index (χ0v) is 19.0. The first kappa shape index (κ1) is 23.0. The summed E-state index contributed by atoms with van der Waals surface area (Å²) in [5, 5.41) is 0. The van der Waals surface area contributed by atoms with E-state index in [2.05, 4.69) is 15.0 Å². The third kappa shape index (κ3) is 4.25. The number of nitrogens with zero attached hydrogens (tertiary/aromatic N) is 4. The summed E-state index contributed by atoms with van der Waals surface area (Å²) in [6.45, 7) is 1.76. The Balaban J connectivity index is 1.64. The number of benzene rings is 1. The van der Waals surface area contributed by atoms with Crippen LogP contribution in [-0.2, 0) is 4.74 Å². The number of ether oxygens (including phenoxy) is 2. The van der Waals surface area contributed by atoms with Crippen molar-refractivity contribution in [2.45, 2.75) is 31.8 Å². The maximum Gasteiger partial charge on any atom is 0.294 e. The van der Waals surface area contributed by atoms with Crippen molar-refractivity contribution in [2.24, 2.45) is 0 Å². The number of aryl methyl sites for hydroxylation is 1. The minimum Gasteiger partial charge on any atom is -0.481 e. The highest BCUT2D eigenvalue weighted by Gasteiger charge is 2.28. The van der Waals surface area contributed by atoms with Crippen molar-refractivity contribution in [1.82, 2.24) is 19.4 Å². The summed E-state index contributed by atoms with van der Waals surface area (Å²) in [5.41, 5.74) is 0.268. The lowest BCUT2D eigenvalue weighted by molar-refractivity contribution is 0.00442. The van der Waals surface area contributed by atoms with Crippen LogP contribution in [0.25, 0.3) is 16.9 Å². The number of halogens is 3. The van der Waals surface area contributed by atoms with Crippen LogP contribution in [0, 0.1) is 24.4 Å². The van der Waals surface area contributed by atoms with Gasteiger partial charge >= 0.3 is 0 Å². The van der Waals surface area contributed by atoms with Crippen molar-refractivity contribution < 1.29 is 22.6 Å². The summed E-state index contributed by atoms with van der Waals surface area (Å²) in [6.07, 6.45) is 3.87. The van der Waals surface area contributed by atoms with Gasteiger partial charge in [0.05, 0.1) is 24.6 Å². The second kappa shape index (κ2) is 9.10. The van der Waals surface area contributed by atoms with Crippen LogP contribution in [0.2, 0.25) is 0 Å². The van der Waals surface area contributed by atoms with Crippen LogP contribution in [0.4, 0.5) is 13.2 Å². The number of aromatic nitrogens is 4. The first-order valence-electron chi connectivity index (χ1n) is 11.0. The van der Waals surface area contributed by atoms with E-state index in [-0.39, 0.29) is 34.6 Å². The van der Waals surface area contributed by atoms with Gasteiger partial charge in [-0.15, -0.1) is 0 Å². The topological polar surface area (TPSA) is 78.6 Å². The van der Waals surface area contributed by atoms with Gasteiger partial charge in [-0.1, -0.05) is 0 Å². The van der Waals surface area contributed by atoms with E-state index >= 15 is 0 Å². The van der Waals surface area contributed by atoms with Crippen molar-refractivity contribution in [1.29, 1.82) is 0 Å². The molecular weight excluding hydrogens is 461 g/mol. The van der Waals surface area contributed by atoms with Crippen LogP contribution in [0.5, 0.6) is 5.88 Å². The van der Waals surface area contributed by atoms with Gasteiger partial charge < -0.3 is 9.47 Å². The van der Waals surface area contributed by atoms with E-state index in [1.807, 2.05) is 6.07 Å². The fourth-order valence-electron chi connectivity index (χ4n) is 4.34. The molecule has 0 N–H and O–H groups in total. The molecule has 0 saturated carbocycles. The molecule has 0 bridgehead atoms. The predicted molar refractivity (Wildman–Crippen MR) is 121 cm³/mol. The molecule has 0 amide bonds. The Kier molecular flexibility index (Phi) is 5.98. The molecule has 0 aliphatic carbocycles. The number of hydrogen-bond acceptors (Lipinski definition) is 6. The number of rotatable bonds is 4. The molecule has 1 aliphatic rings. The molecule has 180 valence electrons. The minimum absolute atomic E-state index is 0.00867. The van der Waals surface area contributed by atoms with E-state index in [4.69, 9.17) is 9.47 Å². The SMILES string of the molecule is COc1cc([C@H]2CC(c3cn4c(=O)c(F)c(C)nc4c(-c4ccc(F)cc4F)n3)CCO2)ccn1. The third-order valence-electron chi connectivity index (χ3n) is 6.17. The van der Waals surface area contributed by atoms with Crippen molar-refractivity contribution in [3.8, 4) is 17.1 Å². The highest BCUT2D eigenvalue weighted by atomic mass is 19.1. The average Bonchev–Trinajstić information content (AvgIpc) is 2.87. The van der Waals surface area contributed by atoms with Gasteiger partial charge in [-0.3, -0.25) is 9.20 Å². The van der Waals surface area contributed by atoms with Crippen molar-refractivity contribution >= 4 is 5.65 Å². The Bertz CT molecular complexity index is 1490. The Morgan fingerprint density at radius 1 is 1.14 bits per heavy atom. The zero-order chi connectivity index (χ0) is 24.7. The van der Waals surface area contributed by atoms with Gasteiger partial charge in [-0.05, 0) is 43.5 Å². The number of methoxy groups -OCH3 is 1. The lowest BCUT2D eigenvalue weighted by Crippen LogP contribution is -2.24. The summed E-state index contributed by atoms with van der Waals surface area (Å²) in [6, 6.07) is 6.68. The Morgan fingerprint density at radius 3 is 2.74 bits per heavy atom. The normalized spacial score (nSPS) is 18.1. The number of pyridine rings is 1. The molecule has 5 rings (SSSR count). The second-order valence-electron chi connectivity index (χ2n) is 8.36. The summed E-state index contributed by atoms with van der Waals surface area (Å²) in [5.74, 6) is -2.34. The number of fused-ring (bicyclic) bond motifs is 1. The maximum atomic E-state index is 14.8. The Hall–Kier alpha value is -3.79. The lowest BCUT2D eigenvalue weighted by atomic mass is 9.89. The van der Waals surface area contributed by atoms with Gasteiger partial charge in [-0.25, -0.2) is 23.7 Å². The van der Waals surface area contributed by atoms with Crippen LogP contribution in [-0.4, -0.2) is 33.1 Å². The standard InChI is InChI=1S/C25H21F3N4O3/c1-13-22(28)25(33)32-12-19(31-23(24(32)30-13)17-4-3-16(26)11-18(17)27)14-6-8-35-20(9-14)15-5-7-29-21(10-15)34-2/h3-5,7,10-12,14,20H,6,8-9H2,1-2H3/t14?,20-/m1/s1. The molecule has 1 aromatic carbocycles. The smallest absolute Gasteiger partial charge is 0.294 e. The Morgan fingerprint density at radius 2 is 1.97 bits per heavy atom. The molecule has 1 aliphatic heterocycles. The summed E-state index contributed by atoms with van der Waals surface area (Å²) < 4.78 is 55.0. The average molecular weight is 482 g/mol. The van der Waals surface area contributed by atoms with Crippen molar-refractivity contribution in [3.63, 3.8) is 0 Å². The molecule has 2 atom stereocenters. The minimum atomic E-state index is -1.00. The van der Waals surface area contributed by atoms with Crippen LogP contribution in [0.15, 0.2) is 47.5 Å². The fourth-order valence-corrected chi connectivity index (χ4v) is 4.34. The molecule has 0 radical (unpaired) electrons. The molecule has 4 aromatic rings. The van der Waals surface area contributed by atoms with Crippen LogP contribution in [0.3, 0.4) is 0 Å². The van der Waals surface area contributed by atoms with Crippen LogP contribution in [0.1, 0.15) is 41.8 Å². The first-order valence-corrected chi connectivity index (χ1v) is 11.0. The third-order valence-corrected chi connectivity index (χ3v) is 6.17. The molecule has 1 fully saturated rings. The highest BCUT2D eigenvalue weighted by molar-refractivity contribution is 5.74. The quantitative estimate of drug-likeness (QED) is 0.426. The van der Waals surface area contributed by atoms with Crippen LogP contribution >= 0.6 is 0 Å². The van der Waals surface area contributed by atoms with E-state index < -0.39 is 23.0 Å². The van der Waals surface area contributed by atoms with Gasteiger partial charge in [0, 0.05) is 42.6 Å². The largest absolute Gasteiger partial charge is 0.481 e. The maximum absolute atomic E-state index is 14.8. The van der Waals surface area contributed by atoms with E-state index in [1.165, 1.54) is 26.3 Å². The molecular formula is C25H21F3N4O3. The highest BCUT2D eigenvalue weighted by Crippen LogP contribution is 2.38. The van der Waals surface area contributed by atoms with Gasteiger partial charge in [0.1, 0.15) is 17.3 Å².